The zero-order valence-electron chi connectivity index (χ0n) is 12.3. The lowest BCUT2D eigenvalue weighted by atomic mass is 9.77. The molecule has 1 aliphatic rings. The van der Waals surface area contributed by atoms with Gasteiger partial charge in [0.25, 0.3) is 0 Å². The molecule has 1 saturated carbocycles. The molecule has 0 radical (unpaired) electrons. The molecule has 4 nitrogen and oxygen atoms in total. The molecule has 0 spiro atoms. The largest absolute Gasteiger partial charge is 0.457 e. The Labute approximate surface area is 115 Å². The molecule has 108 valence electrons. The van der Waals surface area contributed by atoms with Gasteiger partial charge in [0.05, 0.1) is 0 Å². The summed E-state index contributed by atoms with van der Waals surface area (Å²) in [5, 5.41) is 2.51. The molecule has 0 aromatic carbocycles. The van der Waals surface area contributed by atoms with E-state index in [0.717, 1.165) is 25.7 Å². The number of esters is 1. The van der Waals surface area contributed by atoms with E-state index < -0.39 is 0 Å². The first-order valence-electron chi connectivity index (χ1n) is 7.03. The van der Waals surface area contributed by atoms with Crippen molar-refractivity contribution in [2.24, 2.45) is 5.92 Å². The van der Waals surface area contributed by atoms with Crippen LogP contribution in [0.4, 0.5) is 0 Å². The summed E-state index contributed by atoms with van der Waals surface area (Å²) in [6.45, 7) is 9.23. The van der Waals surface area contributed by atoms with Gasteiger partial charge in [-0.1, -0.05) is 26.8 Å². The molecule has 0 aromatic rings. The van der Waals surface area contributed by atoms with Crippen molar-refractivity contribution in [1.82, 2.24) is 5.32 Å². The molecule has 1 amide bonds. The molecule has 0 aromatic heterocycles. The molecule has 1 fully saturated rings. The first-order chi connectivity index (χ1) is 8.87. The number of carbonyl (C=O) groups is 2. The van der Waals surface area contributed by atoms with E-state index in [0.29, 0.717) is 11.5 Å². The van der Waals surface area contributed by atoms with Crippen LogP contribution in [0.25, 0.3) is 0 Å². The first-order valence-corrected chi connectivity index (χ1v) is 7.03. The van der Waals surface area contributed by atoms with Crippen LogP contribution in [0.5, 0.6) is 0 Å². The number of rotatable bonds is 5. The summed E-state index contributed by atoms with van der Waals surface area (Å²) in [6.07, 6.45) is 5.25. The van der Waals surface area contributed by atoms with Gasteiger partial charge in [-0.05, 0) is 38.5 Å². The van der Waals surface area contributed by atoms with Crippen LogP contribution >= 0.6 is 0 Å². The second-order valence-corrected chi connectivity index (χ2v) is 5.72. The fourth-order valence-electron chi connectivity index (χ4n) is 2.51. The van der Waals surface area contributed by atoms with E-state index in [1.165, 1.54) is 6.42 Å². The van der Waals surface area contributed by atoms with Crippen LogP contribution in [0.2, 0.25) is 0 Å². The number of nitrogens with one attached hydrogen (secondary N) is 1. The second kappa shape index (κ2) is 6.73. The van der Waals surface area contributed by atoms with Gasteiger partial charge in [-0.2, -0.15) is 0 Å². The molecular weight excluding hydrogens is 242 g/mol. The van der Waals surface area contributed by atoms with Crippen LogP contribution in [-0.4, -0.2) is 24.0 Å². The van der Waals surface area contributed by atoms with Gasteiger partial charge < -0.3 is 10.1 Å². The van der Waals surface area contributed by atoms with E-state index >= 15 is 0 Å². The smallest absolute Gasteiger partial charge is 0.325 e. The van der Waals surface area contributed by atoms with E-state index in [-0.39, 0.29) is 24.0 Å². The van der Waals surface area contributed by atoms with Gasteiger partial charge in [0, 0.05) is 5.57 Å². The summed E-state index contributed by atoms with van der Waals surface area (Å²) in [4.78, 5) is 23.2. The maximum absolute atomic E-state index is 11.9. The Bertz CT molecular complexity index is 354. The summed E-state index contributed by atoms with van der Waals surface area (Å²) in [7, 11) is 0. The number of carbonyl (C=O) groups excluding carboxylic acids is 2. The highest BCUT2D eigenvalue weighted by Crippen LogP contribution is 2.37. The van der Waals surface area contributed by atoms with Gasteiger partial charge in [0.15, 0.2) is 0 Å². The summed E-state index contributed by atoms with van der Waals surface area (Å²) < 4.78 is 5.69. The van der Waals surface area contributed by atoms with E-state index in [4.69, 9.17) is 4.74 Å². The standard InChI is InChI=1S/C15H25NO3/c1-11(2)14(18)16-10-13(17)19-15(12(3)4)8-6-5-7-9-15/h12H,1,5-10H2,2-4H3,(H,16,18). The maximum Gasteiger partial charge on any atom is 0.325 e. The minimum absolute atomic E-state index is 0.0832. The fraction of sp³-hybridized carbons (Fsp3) is 0.733. The Balaban J connectivity index is 2.53. The van der Waals surface area contributed by atoms with Gasteiger partial charge in [-0.15, -0.1) is 0 Å². The Kier molecular flexibility index (Phi) is 5.58. The maximum atomic E-state index is 11.9. The minimum Gasteiger partial charge on any atom is -0.457 e. The Hall–Kier alpha value is -1.32. The summed E-state index contributed by atoms with van der Waals surface area (Å²) in [5.74, 6) is -0.363. The Morgan fingerprint density at radius 3 is 2.32 bits per heavy atom. The average molecular weight is 267 g/mol. The van der Waals surface area contributed by atoms with Crippen molar-refractivity contribution >= 4 is 11.9 Å². The highest BCUT2D eigenvalue weighted by molar-refractivity contribution is 5.94. The Morgan fingerprint density at radius 1 is 1.26 bits per heavy atom. The molecule has 0 atom stereocenters. The van der Waals surface area contributed by atoms with E-state index in [2.05, 4.69) is 25.7 Å². The van der Waals surface area contributed by atoms with Crippen molar-refractivity contribution in [1.29, 1.82) is 0 Å². The van der Waals surface area contributed by atoms with E-state index in [9.17, 15) is 9.59 Å². The van der Waals surface area contributed by atoms with Gasteiger partial charge >= 0.3 is 5.97 Å². The number of hydrogen-bond donors (Lipinski definition) is 1. The molecule has 1 aliphatic carbocycles. The summed E-state index contributed by atoms with van der Waals surface area (Å²) in [6, 6.07) is 0. The molecule has 1 rings (SSSR count). The molecule has 0 bridgehead atoms. The van der Waals surface area contributed by atoms with Gasteiger partial charge in [-0.25, -0.2) is 0 Å². The van der Waals surface area contributed by atoms with Gasteiger partial charge in [-0.3, -0.25) is 9.59 Å². The number of hydrogen-bond acceptors (Lipinski definition) is 3. The average Bonchev–Trinajstić information content (AvgIpc) is 2.36. The zero-order chi connectivity index (χ0) is 14.5. The predicted octanol–water partition coefficient (Wildman–Crippen LogP) is 2.58. The number of ether oxygens (including phenoxy) is 1. The molecule has 19 heavy (non-hydrogen) atoms. The SMILES string of the molecule is C=C(C)C(=O)NCC(=O)OC1(C(C)C)CCCCC1. The van der Waals surface area contributed by atoms with Crippen molar-refractivity contribution in [3.63, 3.8) is 0 Å². The lowest BCUT2D eigenvalue weighted by molar-refractivity contribution is -0.168. The molecule has 0 unspecified atom stereocenters. The van der Waals surface area contributed by atoms with Crippen molar-refractivity contribution in [3.8, 4) is 0 Å². The van der Waals surface area contributed by atoms with Crippen molar-refractivity contribution in [3.05, 3.63) is 12.2 Å². The molecule has 4 heteroatoms. The fourth-order valence-corrected chi connectivity index (χ4v) is 2.51. The zero-order valence-corrected chi connectivity index (χ0v) is 12.3. The topological polar surface area (TPSA) is 55.4 Å². The first kappa shape index (κ1) is 15.7. The molecule has 0 heterocycles. The predicted molar refractivity (Wildman–Crippen MR) is 74.6 cm³/mol. The van der Waals surface area contributed by atoms with E-state index in [1.54, 1.807) is 6.92 Å². The van der Waals surface area contributed by atoms with Crippen LogP contribution in [0.15, 0.2) is 12.2 Å². The highest BCUT2D eigenvalue weighted by Gasteiger charge is 2.38. The molecule has 0 aliphatic heterocycles. The number of amides is 1. The Morgan fingerprint density at radius 2 is 1.84 bits per heavy atom. The minimum atomic E-state index is -0.356. The van der Waals surface area contributed by atoms with Gasteiger partial charge in [0.1, 0.15) is 12.1 Å². The van der Waals surface area contributed by atoms with E-state index in [1.807, 2.05) is 0 Å². The third-order valence-corrected chi connectivity index (χ3v) is 3.85. The second-order valence-electron chi connectivity index (χ2n) is 5.72. The van der Waals surface area contributed by atoms with Crippen molar-refractivity contribution in [2.75, 3.05) is 6.54 Å². The van der Waals surface area contributed by atoms with Crippen molar-refractivity contribution in [2.45, 2.75) is 58.5 Å². The summed E-state index contributed by atoms with van der Waals surface area (Å²) >= 11 is 0. The van der Waals surface area contributed by atoms with Crippen LogP contribution in [-0.2, 0) is 14.3 Å². The van der Waals surface area contributed by atoms with Gasteiger partial charge in [0.2, 0.25) is 5.91 Å². The lowest BCUT2D eigenvalue weighted by Crippen LogP contribution is -2.44. The summed E-state index contributed by atoms with van der Waals surface area (Å²) in [5.41, 5.74) is 0.0487. The van der Waals surface area contributed by atoms with Crippen LogP contribution in [0, 0.1) is 5.92 Å². The van der Waals surface area contributed by atoms with Crippen LogP contribution in [0.3, 0.4) is 0 Å². The molecular formula is C15H25NO3. The molecule has 0 saturated heterocycles. The molecule has 1 N–H and O–H groups in total. The quantitative estimate of drug-likeness (QED) is 0.615. The highest BCUT2D eigenvalue weighted by atomic mass is 16.6. The third-order valence-electron chi connectivity index (χ3n) is 3.85. The van der Waals surface area contributed by atoms with Crippen LogP contribution < -0.4 is 5.32 Å². The lowest BCUT2D eigenvalue weighted by Gasteiger charge is -2.40. The van der Waals surface area contributed by atoms with Crippen LogP contribution in [0.1, 0.15) is 52.9 Å². The monoisotopic (exact) mass is 267 g/mol. The normalized spacial score (nSPS) is 17.9. The third kappa shape index (κ3) is 4.37. The van der Waals surface area contributed by atoms with Crippen molar-refractivity contribution < 1.29 is 14.3 Å².